The number of hydrogen-bond acceptors (Lipinski definition) is 5. The van der Waals surface area contributed by atoms with Crippen LogP contribution in [-0.2, 0) is 19.6 Å². The maximum Gasteiger partial charge on any atom is 0.337 e. The number of methoxy groups -OCH3 is 1. The first kappa shape index (κ1) is 20.2. The van der Waals surface area contributed by atoms with Crippen molar-refractivity contribution in [2.45, 2.75) is 11.8 Å². The average molecular weight is 388 g/mol. The molecule has 0 aromatic heterocycles. The van der Waals surface area contributed by atoms with Crippen LogP contribution in [0.1, 0.15) is 17.3 Å². The summed E-state index contributed by atoms with van der Waals surface area (Å²) in [6, 6.07) is 12.0. The lowest BCUT2D eigenvalue weighted by Gasteiger charge is -2.23. The highest BCUT2D eigenvalue weighted by Gasteiger charge is 2.24. The van der Waals surface area contributed by atoms with E-state index in [1.165, 1.54) is 56.5 Å². The van der Waals surface area contributed by atoms with Gasteiger partial charge in [0, 0.05) is 12.6 Å². The summed E-state index contributed by atoms with van der Waals surface area (Å²) in [6.45, 7) is 4.99. The van der Waals surface area contributed by atoms with Gasteiger partial charge in [-0.3, -0.25) is 9.10 Å². The smallest absolute Gasteiger partial charge is 0.337 e. The molecule has 0 atom stereocenters. The van der Waals surface area contributed by atoms with Gasteiger partial charge in [0.05, 0.1) is 29.8 Å². The number of carbonyl (C=O) groups excluding carboxylic acids is 2. The highest BCUT2D eigenvalue weighted by Crippen LogP contribution is 2.25. The van der Waals surface area contributed by atoms with Gasteiger partial charge in [-0.15, -0.1) is 6.58 Å². The van der Waals surface area contributed by atoms with Gasteiger partial charge in [0.2, 0.25) is 5.91 Å². The van der Waals surface area contributed by atoms with Crippen molar-refractivity contribution in [2.75, 3.05) is 23.3 Å². The number of hydrogen-bond donors (Lipinski definition) is 1. The van der Waals surface area contributed by atoms with Crippen molar-refractivity contribution >= 4 is 33.3 Å². The summed E-state index contributed by atoms with van der Waals surface area (Å²) in [6.07, 6.45) is 1.45. The van der Waals surface area contributed by atoms with Crippen LogP contribution in [0.3, 0.4) is 0 Å². The number of esters is 1. The van der Waals surface area contributed by atoms with E-state index in [0.717, 1.165) is 4.31 Å². The first-order valence-corrected chi connectivity index (χ1v) is 9.43. The van der Waals surface area contributed by atoms with Crippen LogP contribution in [0.15, 0.2) is 66.1 Å². The van der Waals surface area contributed by atoms with Crippen LogP contribution in [0.5, 0.6) is 0 Å². The number of amides is 1. The molecule has 27 heavy (non-hydrogen) atoms. The highest BCUT2D eigenvalue weighted by atomic mass is 32.2. The summed E-state index contributed by atoms with van der Waals surface area (Å²) in [5.74, 6) is -0.814. The Bertz CT molecular complexity index is 952. The standard InChI is InChI=1S/C19H20N2O5S/c1-4-12-21(17-7-5-6-15(13-17)19(23)26-3)27(24,25)18-10-8-16(9-11-18)20-14(2)22/h4-11,13H,1,12H2,2-3H3,(H,20,22). The largest absolute Gasteiger partial charge is 0.465 e. The molecule has 0 bridgehead atoms. The molecule has 0 aliphatic rings. The van der Waals surface area contributed by atoms with Crippen molar-refractivity contribution in [3.63, 3.8) is 0 Å². The Balaban J connectivity index is 2.44. The fourth-order valence-electron chi connectivity index (χ4n) is 2.41. The van der Waals surface area contributed by atoms with Gasteiger partial charge in [-0.05, 0) is 42.5 Å². The summed E-state index contributed by atoms with van der Waals surface area (Å²) in [4.78, 5) is 22.9. The molecule has 2 aromatic rings. The van der Waals surface area contributed by atoms with E-state index >= 15 is 0 Å². The quantitative estimate of drug-likeness (QED) is 0.582. The molecule has 1 N–H and O–H groups in total. The van der Waals surface area contributed by atoms with Gasteiger partial charge in [0.25, 0.3) is 10.0 Å². The van der Waals surface area contributed by atoms with Crippen LogP contribution >= 0.6 is 0 Å². The highest BCUT2D eigenvalue weighted by molar-refractivity contribution is 7.92. The Hall–Kier alpha value is -3.13. The number of ether oxygens (including phenoxy) is 1. The summed E-state index contributed by atoms with van der Waals surface area (Å²) >= 11 is 0. The van der Waals surface area contributed by atoms with E-state index in [9.17, 15) is 18.0 Å². The van der Waals surface area contributed by atoms with Crippen molar-refractivity contribution in [3.8, 4) is 0 Å². The van der Waals surface area contributed by atoms with Crippen molar-refractivity contribution in [1.29, 1.82) is 0 Å². The molecule has 1 amide bonds. The molecule has 0 heterocycles. The molecule has 0 spiro atoms. The molecule has 142 valence electrons. The Morgan fingerprint density at radius 1 is 1.19 bits per heavy atom. The van der Waals surface area contributed by atoms with Crippen molar-refractivity contribution in [1.82, 2.24) is 0 Å². The fraction of sp³-hybridized carbons (Fsp3) is 0.158. The third kappa shape index (κ3) is 4.73. The number of benzene rings is 2. The molecule has 8 heteroatoms. The zero-order valence-electron chi connectivity index (χ0n) is 15.0. The first-order valence-electron chi connectivity index (χ1n) is 7.99. The molecule has 0 fully saturated rings. The SMILES string of the molecule is C=CCN(c1cccc(C(=O)OC)c1)S(=O)(=O)c1ccc(NC(C)=O)cc1. The van der Waals surface area contributed by atoms with Crippen LogP contribution in [-0.4, -0.2) is 33.9 Å². The Labute approximate surface area is 158 Å². The number of nitrogens with zero attached hydrogens (tertiary/aromatic N) is 1. The Morgan fingerprint density at radius 3 is 2.41 bits per heavy atom. The summed E-state index contributed by atoms with van der Waals surface area (Å²) in [5, 5.41) is 2.58. The van der Waals surface area contributed by atoms with Crippen LogP contribution < -0.4 is 9.62 Å². The summed E-state index contributed by atoms with van der Waals surface area (Å²) < 4.78 is 32.0. The van der Waals surface area contributed by atoms with Crippen LogP contribution in [0, 0.1) is 0 Å². The van der Waals surface area contributed by atoms with Gasteiger partial charge < -0.3 is 10.1 Å². The second-order valence-electron chi connectivity index (χ2n) is 5.57. The number of rotatable bonds is 7. The van der Waals surface area contributed by atoms with Gasteiger partial charge in [0.15, 0.2) is 0 Å². The van der Waals surface area contributed by atoms with E-state index in [2.05, 4.69) is 16.6 Å². The predicted molar refractivity (Wildman–Crippen MR) is 103 cm³/mol. The minimum atomic E-state index is -3.91. The van der Waals surface area contributed by atoms with E-state index in [0.29, 0.717) is 11.4 Å². The summed E-state index contributed by atoms with van der Waals surface area (Å²) in [7, 11) is -2.66. The number of carbonyl (C=O) groups is 2. The minimum absolute atomic E-state index is 0.0143. The van der Waals surface area contributed by atoms with E-state index in [1.54, 1.807) is 12.1 Å². The van der Waals surface area contributed by atoms with Gasteiger partial charge in [-0.2, -0.15) is 0 Å². The number of anilines is 2. The van der Waals surface area contributed by atoms with E-state index in [4.69, 9.17) is 0 Å². The Kier molecular flexibility index (Phi) is 6.36. The third-order valence-electron chi connectivity index (χ3n) is 3.61. The zero-order chi connectivity index (χ0) is 20.0. The second kappa shape index (κ2) is 8.50. The molecular formula is C19H20N2O5S. The lowest BCUT2D eigenvalue weighted by Crippen LogP contribution is -2.31. The second-order valence-corrected chi connectivity index (χ2v) is 7.43. The predicted octanol–water partition coefficient (Wildman–Crippen LogP) is 2.81. The molecule has 7 nitrogen and oxygen atoms in total. The van der Waals surface area contributed by atoms with Crippen LogP contribution in [0.2, 0.25) is 0 Å². The lowest BCUT2D eigenvalue weighted by atomic mass is 10.2. The van der Waals surface area contributed by atoms with Gasteiger partial charge in [-0.25, -0.2) is 13.2 Å². The first-order chi connectivity index (χ1) is 12.8. The molecule has 0 aliphatic carbocycles. The molecule has 0 unspecified atom stereocenters. The molecule has 0 radical (unpaired) electrons. The normalized spacial score (nSPS) is 10.7. The summed E-state index contributed by atoms with van der Waals surface area (Å²) in [5.41, 5.74) is 1.04. The van der Waals surface area contributed by atoms with Crippen molar-refractivity contribution in [2.24, 2.45) is 0 Å². The maximum atomic E-state index is 13.1. The van der Waals surface area contributed by atoms with Gasteiger partial charge >= 0.3 is 5.97 Å². The lowest BCUT2D eigenvalue weighted by molar-refractivity contribution is -0.114. The van der Waals surface area contributed by atoms with Gasteiger partial charge in [0.1, 0.15) is 0 Å². The van der Waals surface area contributed by atoms with E-state index in [-0.39, 0.29) is 22.9 Å². The van der Waals surface area contributed by atoms with Crippen LogP contribution in [0.25, 0.3) is 0 Å². The number of nitrogens with one attached hydrogen (secondary N) is 1. The average Bonchev–Trinajstić information content (AvgIpc) is 2.65. The molecule has 2 rings (SSSR count). The van der Waals surface area contributed by atoms with Crippen molar-refractivity contribution in [3.05, 3.63) is 66.7 Å². The van der Waals surface area contributed by atoms with Crippen molar-refractivity contribution < 1.29 is 22.7 Å². The molecule has 0 saturated carbocycles. The van der Waals surface area contributed by atoms with E-state index < -0.39 is 16.0 Å². The molecular weight excluding hydrogens is 368 g/mol. The molecule has 0 aliphatic heterocycles. The minimum Gasteiger partial charge on any atom is -0.465 e. The molecule has 2 aromatic carbocycles. The topological polar surface area (TPSA) is 92.8 Å². The third-order valence-corrected chi connectivity index (χ3v) is 5.42. The van der Waals surface area contributed by atoms with Gasteiger partial charge in [-0.1, -0.05) is 12.1 Å². The fourth-order valence-corrected chi connectivity index (χ4v) is 3.83. The monoisotopic (exact) mass is 388 g/mol. The number of sulfonamides is 1. The molecule has 0 saturated heterocycles. The van der Waals surface area contributed by atoms with E-state index in [1.807, 2.05) is 0 Å². The Morgan fingerprint density at radius 2 is 1.85 bits per heavy atom. The van der Waals surface area contributed by atoms with Crippen LogP contribution in [0.4, 0.5) is 11.4 Å². The maximum absolute atomic E-state index is 13.1. The zero-order valence-corrected chi connectivity index (χ0v) is 15.8.